The van der Waals surface area contributed by atoms with Gasteiger partial charge in [0.05, 0.1) is 5.92 Å². The molecule has 0 radical (unpaired) electrons. The van der Waals surface area contributed by atoms with Crippen molar-refractivity contribution >= 4 is 34.5 Å². The predicted molar refractivity (Wildman–Crippen MR) is 105 cm³/mol. The molecule has 3 atom stereocenters. The number of thiocarbonyl (C=S) groups is 1. The first-order valence-electron chi connectivity index (χ1n) is 9.48. The van der Waals surface area contributed by atoms with Gasteiger partial charge in [-0.2, -0.15) is 0 Å². The molecular formula is C20H25N3O2S. The average molecular weight is 372 g/mol. The molecule has 138 valence electrons. The molecule has 2 fully saturated rings. The number of nitrogen functional groups attached to an aromatic ring is 1. The second kappa shape index (κ2) is 7.08. The number of amides is 1. The van der Waals surface area contributed by atoms with E-state index in [1.54, 1.807) is 0 Å². The zero-order valence-corrected chi connectivity index (χ0v) is 15.7. The van der Waals surface area contributed by atoms with Crippen molar-refractivity contribution < 1.29 is 9.59 Å². The van der Waals surface area contributed by atoms with E-state index >= 15 is 0 Å². The molecule has 0 aromatic heterocycles. The van der Waals surface area contributed by atoms with Crippen LogP contribution < -0.4 is 11.1 Å². The van der Waals surface area contributed by atoms with Crippen molar-refractivity contribution in [3.05, 3.63) is 29.3 Å². The van der Waals surface area contributed by atoms with Gasteiger partial charge in [0.25, 0.3) is 0 Å². The van der Waals surface area contributed by atoms with Crippen molar-refractivity contribution in [1.82, 2.24) is 10.2 Å². The molecule has 2 heterocycles. The molecule has 0 spiro atoms. The SMILES string of the molecule is Nc1ccc2c(c1)CC(CC(=O)C1C(=S)CN[C@@H]1C(=O)N1CCCC1)C2. The van der Waals surface area contributed by atoms with Gasteiger partial charge in [0.2, 0.25) is 5.91 Å². The number of nitrogens with one attached hydrogen (secondary N) is 1. The molecule has 0 bridgehead atoms. The number of hydrogen-bond donors (Lipinski definition) is 2. The van der Waals surface area contributed by atoms with Crippen molar-refractivity contribution in [2.24, 2.45) is 11.8 Å². The van der Waals surface area contributed by atoms with Crippen LogP contribution in [0.1, 0.15) is 30.4 Å². The summed E-state index contributed by atoms with van der Waals surface area (Å²) in [4.78, 5) is 28.4. The summed E-state index contributed by atoms with van der Waals surface area (Å²) < 4.78 is 0. The van der Waals surface area contributed by atoms with Crippen molar-refractivity contribution in [2.45, 2.75) is 38.1 Å². The lowest BCUT2D eigenvalue weighted by Crippen LogP contribution is -2.47. The van der Waals surface area contributed by atoms with E-state index in [2.05, 4.69) is 11.4 Å². The maximum atomic E-state index is 13.0. The third-order valence-corrected chi connectivity index (χ3v) is 6.34. The van der Waals surface area contributed by atoms with Gasteiger partial charge in [-0.15, -0.1) is 0 Å². The molecular weight excluding hydrogens is 346 g/mol. The Balaban J connectivity index is 1.43. The standard InChI is InChI=1S/C20H25N3O2S/c21-15-4-3-13-7-12(8-14(13)10-15)9-16(24)18-17(26)11-22-19(18)20(25)23-5-1-2-6-23/h3-4,10,12,18-19,22H,1-2,5-9,11,21H2/t12?,18?,19-/m0/s1. The van der Waals surface area contributed by atoms with Crippen molar-refractivity contribution in [3.8, 4) is 0 Å². The van der Waals surface area contributed by atoms with Crippen LogP contribution in [0.3, 0.4) is 0 Å². The molecule has 1 amide bonds. The number of carbonyl (C=O) groups is 2. The van der Waals surface area contributed by atoms with Crippen molar-refractivity contribution in [1.29, 1.82) is 0 Å². The molecule has 6 heteroatoms. The minimum atomic E-state index is -0.465. The zero-order valence-electron chi connectivity index (χ0n) is 14.9. The highest BCUT2D eigenvalue weighted by atomic mass is 32.1. The first-order chi connectivity index (χ1) is 12.5. The summed E-state index contributed by atoms with van der Waals surface area (Å²) in [5.74, 6) is -0.0105. The number of nitrogens with zero attached hydrogens (tertiary/aromatic N) is 1. The smallest absolute Gasteiger partial charge is 0.240 e. The second-order valence-corrected chi connectivity index (χ2v) is 8.33. The van der Waals surface area contributed by atoms with Crippen LogP contribution in [0.15, 0.2) is 18.2 Å². The summed E-state index contributed by atoms with van der Waals surface area (Å²) in [5.41, 5.74) is 9.18. The summed E-state index contributed by atoms with van der Waals surface area (Å²) in [5, 5.41) is 3.19. The van der Waals surface area contributed by atoms with Gasteiger partial charge < -0.3 is 16.0 Å². The number of fused-ring (bicyclic) bond motifs is 1. The van der Waals surface area contributed by atoms with Gasteiger partial charge in [-0.3, -0.25) is 9.59 Å². The van der Waals surface area contributed by atoms with Gasteiger partial charge in [0.15, 0.2) is 0 Å². The van der Waals surface area contributed by atoms with Crippen molar-refractivity contribution in [3.63, 3.8) is 0 Å². The zero-order chi connectivity index (χ0) is 18.3. The number of rotatable bonds is 4. The Morgan fingerprint density at radius 3 is 2.69 bits per heavy atom. The van der Waals surface area contributed by atoms with Gasteiger partial charge in [-0.25, -0.2) is 0 Å². The molecule has 2 unspecified atom stereocenters. The highest BCUT2D eigenvalue weighted by Gasteiger charge is 2.43. The number of nitrogens with two attached hydrogens (primary N) is 1. The van der Waals surface area contributed by atoms with Crippen LogP contribution in [0.4, 0.5) is 5.69 Å². The molecule has 1 aliphatic carbocycles. The molecule has 5 nitrogen and oxygen atoms in total. The number of Topliss-reactive ketones (excluding diaryl/α,β-unsaturated/α-hetero) is 1. The number of ketones is 1. The van der Waals surface area contributed by atoms with Crippen molar-refractivity contribution in [2.75, 3.05) is 25.4 Å². The lowest BCUT2D eigenvalue weighted by Gasteiger charge is -2.24. The first-order valence-corrected chi connectivity index (χ1v) is 9.88. The lowest BCUT2D eigenvalue weighted by molar-refractivity contribution is -0.135. The monoisotopic (exact) mass is 371 g/mol. The van der Waals surface area contributed by atoms with Crippen LogP contribution in [0.2, 0.25) is 0 Å². The number of benzene rings is 1. The first kappa shape index (κ1) is 17.6. The summed E-state index contributed by atoms with van der Waals surface area (Å²) in [6, 6.07) is 5.54. The van der Waals surface area contributed by atoms with Crippen LogP contribution in [0.25, 0.3) is 0 Å². The Morgan fingerprint density at radius 2 is 1.92 bits per heavy atom. The molecule has 3 aliphatic rings. The van der Waals surface area contributed by atoms with Crippen LogP contribution in [0.5, 0.6) is 0 Å². The molecule has 1 aromatic carbocycles. The maximum Gasteiger partial charge on any atom is 0.240 e. The van der Waals surface area contributed by atoms with E-state index in [-0.39, 0.29) is 17.6 Å². The van der Waals surface area contributed by atoms with E-state index in [1.165, 1.54) is 11.1 Å². The minimum absolute atomic E-state index is 0.0446. The predicted octanol–water partition coefficient (Wildman–Crippen LogP) is 1.52. The normalized spacial score (nSPS) is 27.8. The van der Waals surface area contributed by atoms with E-state index in [0.29, 0.717) is 17.8 Å². The fourth-order valence-electron chi connectivity index (χ4n) is 4.64. The fraction of sp³-hybridized carbons (Fsp3) is 0.550. The lowest BCUT2D eigenvalue weighted by atomic mass is 9.87. The third kappa shape index (κ3) is 3.28. The second-order valence-electron chi connectivity index (χ2n) is 7.81. The van der Waals surface area contributed by atoms with E-state index in [9.17, 15) is 9.59 Å². The minimum Gasteiger partial charge on any atom is -0.399 e. The summed E-state index contributed by atoms with van der Waals surface area (Å²) in [7, 11) is 0. The highest BCUT2D eigenvalue weighted by Crippen LogP contribution is 2.32. The molecule has 0 saturated carbocycles. The number of hydrogen-bond acceptors (Lipinski definition) is 5. The van der Waals surface area contributed by atoms with Crippen LogP contribution >= 0.6 is 12.2 Å². The van der Waals surface area contributed by atoms with Gasteiger partial charge in [-0.1, -0.05) is 18.3 Å². The number of carbonyl (C=O) groups excluding carboxylic acids is 2. The Kier molecular flexibility index (Phi) is 4.80. The molecule has 26 heavy (non-hydrogen) atoms. The molecule has 3 N–H and O–H groups in total. The summed E-state index contributed by atoms with van der Waals surface area (Å²) >= 11 is 5.44. The molecule has 4 rings (SSSR count). The van der Waals surface area contributed by atoms with E-state index in [1.807, 2.05) is 17.0 Å². The topological polar surface area (TPSA) is 75.4 Å². The van der Waals surface area contributed by atoms with Crippen LogP contribution in [0, 0.1) is 11.8 Å². The average Bonchev–Trinajstić information content (AvgIpc) is 3.32. The largest absolute Gasteiger partial charge is 0.399 e. The Hall–Kier alpha value is -1.79. The Morgan fingerprint density at radius 1 is 1.19 bits per heavy atom. The summed E-state index contributed by atoms with van der Waals surface area (Å²) in [6.07, 6.45) is 4.35. The quantitative estimate of drug-likeness (QED) is 0.620. The van der Waals surface area contributed by atoms with Gasteiger partial charge >= 0.3 is 0 Å². The highest BCUT2D eigenvalue weighted by molar-refractivity contribution is 7.80. The number of anilines is 1. The van der Waals surface area contributed by atoms with Crippen LogP contribution in [-0.4, -0.2) is 47.1 Å². The van der Waals surface area contributed by atoms with Gasteiger partial charge in [0, 0.05) is 36.6 Å². The van der Waals surface area contributed by atoms with E-state index in [0.717, 1.165) is 44.5 Å². The fourth-order valence-corrected chi connectivity index (χ4v) is 4.99. The maximum absolute atomic E-state index is 13.0. The molecule has 2 saturated heterocycles. The molecule has 2 aliphatic heterocycles. The molecule has 1 aromatic rings. The Labute approximate surface area is 159 Å². The Bertz CT molecular complexity index is 757. The third-order valence-electron chi connectivity index (χ3n) is 5.94. The van der Waals surface area contributed by atoms with Gasteiger partial charge in [0.1, 0.15) is 11.8 Å². The van der Waals surface area contributed by atoms with Gasteiger partial charge in [-0.05, 0) is 54.9 Å². The van der Waals surface area contributed by atoms with E-state index < -0.39 is 12.0 Å². The summed E-state index contributed by atoms with van der Waals surface area (Å²) in [6.45, 7) is 2.07. The number of likely N-dealkylation sites (tertiary alicyclic amines) is 1. The van der Waals surface area contributed by atoms with E-state index in [4.69, 9.17) is 18.0 Å². The van der Waals surface area contributed by atoms with Crippen LogP contribution in [-0.2, 0) is 22.4 Å².